The van der Waals surface area contributed by atoms with Crippen molar-refractivity contribution in [1.29, 1.82) is 0 Å². The third-order valence-corrected chi connectivity index (χ3v) is 4.19. The van der Waals surface area contributed by atoms with Crippen LogP contribution in [0.1, 0.15) is 24.0 Å². The average Bonchev–Trinajstić information content (AvgIpc) is 2.53. The van der Waals surface area contributed by atoms with Gasteiger partial charge < -0.3 is 4.74 Å². The van der Waals surface area contributed by atoms with Crippen LogP contribution in [0.3, 0.4) is 0 Å². The lowest BCUT2D eigenvalue weighted by molar-refractivity contribution is -0.156. The molecule has 1 saturated heterocycles. The highest BCUT2D eigenvalue weighted by atomic mass is 16.5. The molecule has 0 radical (unpaired) electrons. The highest BCUT2D eigenvalue weighted by molar-refractivity contribution is 5.78. The van der Waals surface area contributed by atoms with Crippen molar-refractivity contribution in [3.05, 3.63) is 71.8 Å². The molecule has 0 aromatic heterocycles. The quantitative estimate of drug-likeness (QED) is 0.793. The summed E-state index contributed by atoms with van der Waals surface area (Å²) in [7, 11) is 0. The zero-order chi connectivity index (χ0) is 15.4. The van der Waals surface area contributed by atoms with E-state index >= 15 is 0 Å². The van der Waals surface area contributed by atoms with Crippen LogP contribution in [-0.4, -0.2) is 30.1 Å². The van der Waals surface area contributed by atoms with E-state index in [0.717, 1.165) is 13.1 Å². The van der Waals surface area contributed by atoms with Crippen molar-refractivity contribution >= 4 is 5.97 Å². The molecule has 2 aromatic rings. The zero-order valence-corrected chi connectivity index (χ0v) is 12.8. The number of esters is 1. The van der Waals surface area contributed by atoms with Gasteiger partial charge in [-0.05, 0) is 18.1 Å². The summed E-state index contributed by atoms with van der Waals surface area (Å²) in [6.45, 7) is 3.96. The smallest absolute Gasteiger partial charge is 0.324 e. The summed E-state index contributed by atoms with van der Waals surface area (Å²) in [4.78, 5) is 14.5. The van der Waals surface area contributed by atoms with Crippen LogP contribution in [0.4, 0.5) is 0 Å². The number of carbonyl (C=O) groups excluding carboxylic acids is 1. The first-order chi connectivity index (χ1) is 10.8. The Kier molecular flexibility index (Phi) is 4.54. The minimum atomic E-state index is -0.178. The number of hydrogen-bond acceptors (Lipinski definition) is 3. The Labute approximate surface area is 131 Å². The van der Waals surface area contributed by atoms with Crippen molar-refractivity contribution in [2.45, 2.75) is 25.4 Å². The lowest BCUT2D eigenvalue weighted by Gasteiger charge is -2.46. The first-order valence-corrected chi connectivity index (χ1v) is 7.79. The topological polar surface area (TPSA) is 29.5 Å². The molecule has 114 valence electrons. The molecule has 22 heavy (non-hydrogen) atoms. The summed E-state index contributed by atoms with van der Waals surface area (Å²) in [5.74, 6) is 0.113. The molecule has 3 heteroatoms. The second kappa shape index (κ2) is 6.75. The molecule has 0 bridgehead atoms. The number of likely N-dealkylation sites (tertiary alicyclic amines) is 1. The van der Waals surface area contributed by atoms with Gasteiger partial charge in [0.25, 0.3) is 0 Å². The molecule has 0 N–H and O–H groups in total. The fraction of sp³-hybridized carbons (Fsp3) is 0.316. The molecule has 0 amide bonds. The van der Waals surface area contributed by atoms with Gasteiger partial charge in [-0.3, -0.25) is 9.69 Å². The Morgan fingerprint density at radius 2 is 1.73 bits per heavy atom. The van der Waals surface area contributed by atoms with Crippen molar-refractivity contribution in [2.75, 3.05) is 13.2 Å². The van der Waals surface area contributed by atoms with Crippen LogP contribution in [0.25, 0.3) is 0 Å². The Balaban J connectivity index is 1.76. The first kappa shape index (κ1) is 14.8. The molecule has 0 saturated carbocycles. The molecule has 0 spiro atoms. The Bertz CT molecular complexity index is 612. The van der Waals surface area contributed by atoms with Gasteiger partial charge in [-0.2, -0.15) is 0 Å². The van der Waals surface area contributed by atoms with E-state index in [1.165, 1.54) is 11.1 Å². The predicted octanol–water partition coefficient (Wildman–Crippen LogP) is 3.22. The number of nitrogens with zero attached hydrogens (tertiary/aromatic N) is 1. The van der Waals surface area contributed by atoms with Crippen LogP contribution in [-0.2, 0) is 16.1 Å². The molecule has 1 heterocycles. The van der Waals surface area contributed by atoms with E-state index in [1.807, 2.05) is 43.3 Å². The molecule has 3 nitrogen and oxygen atoms in total. The molecular formula is C19H21NO2. The van der Waals surface area contributed by atoms with Gasteiger partial charge in [0.05, 0.1) is 6.61 Å². The number of benzene rings is 2. The molecule has 2 atom stereocenters. The largest absolute Gasteiger partial charge is 0.465 e. The van der Waals surface area contributed by atoms with Crippen LogP contribution in [0.5, 0.6) is 0 Å². The van der Waals surface area contributed by atoms with Crippen LogP contribution >= 0.6 is 0 Å². The van der Waals surface area contributed by atoms with Crippen molar-refractivity contribution < 1.29 is 9.53 Å². The van der Waals surface area contributed by atoms with Crippen LogP contribution in [0.2, 0.25) is 0 Å². The molecule has 0 unspecified atom stereocenters. The van der Waals surface area contributed by atoms with Gasteiger partial charge in [-0.1, -0.05) is 60.7 Å². The number of carbonyl (C=O) groups is 1. The normalized spacial score (nSPS) is 21.1. The van der Waals surface area contributed by atoms with Crippen LogP contribution in [0.15, 0.2) is 60.7 Å². The summed E-state index contributed by atoms with van der Waals surface area (Å²) in [6.07, 6.45) is 0. The average molecular weight is 295 g/mol. The second-order valence-corrected chi connectivity index (χ2v) is 5.63. The molecule has 2 aromatic carbocycles. The summed E-state index contributed by atoms with van der Waals surface area (Å²) in [5, 5.41) is 0. The molecular weight excluding hydrogens is 274 g/mol. The predicted molar refractivity (Wildman–Crippen MR) is 86.5 cm³/mol. The van der Waals surface area contributed by atoms with Crippen molar-refractivity contribution in [3.8, 4) is 0 Å². The van der Waals surface area contributed by atoms with Gasteiger partial charge in [-0.25, -0.2) is 0 Å². The maximum absolute atomic E-state index is 12.3. The molecule has 1 fully saturated rings. The van der Waals surface area contributed by atoms with Gasteiger partial charge in [0.2, 0.25) is 0 Å². The summed E-state index contributed by atoms with van der Waals surface area (Å²) >= 11 is 0. The molecule has 0 aliphatic carbocycles. The minimum Gasteiger partial charge on any atom is -0.465 e. The van der Waals surface area contributed by atoms with Crippen molar-refractivity contribution in [3.63, 3.8) is 0 Å². The molecule has 1 aliphatic rings. The maximum atomic E-state index is 12.3. The number of hydrogen-bond donors (Lipinski definition) is 0. The summed E-state index contributed by atoms with van der Waals surface area (Å²) in [5.41, 5.74) is 2.44. The van der Waals surface area contributed by atoms with Gasteiger partial charge in [0.15, 0.2) is 0 Å². The van der Waals surface area contributed by atoms with Crippen molar-refractivity contribution in [1.82, 2.24) is 4.90 Å². The summed E-state index contributed by atoms with van der Waals surface area (Å²) < 4.78 is 5.28. The van der Waals surface area contributed by atoms with E-state index in [-0.39, 0.29) is 17.9 Å². The van der Waals surface area contributed by atoms with Gasteiger partial charge in [0.1, 0.15) is 6.04 Å². The Morgan fingerprint density at radius 1 is 1.09 bits per heavy atom. The first-order valence-electron chi connectivity index (χ1n) is 7.79. The van der Waals surface area contributed by atoms with Gasteiger partial charge >= 0.3 is 5.97 Å². The fourth-order valence-corrected chi connectivity index (χ4v) is 3.09. The van der Waals surface area contributed by atoms with E-state index in [4.69, 9.17) is 4.74 Å². The van der Waals surface area contributed by atoms with Gasteiger partial charge in [-0.15, -0.1) is 0 Å². The molecule has 1 aliphatic heterocycles. The van der Waals surface area contributed by atoms with Crippen LogP contribution < -0.4 is 0 Å². The number of ether oxygens (including phenoxy) is 1. The minimum absolute atomic E-state index is 0.112. The standard InChI is InChI=1S/C19H21NO2/c1-2-22-19(21)18-17(16-11-7-4-8-12-16)14-20(18)13-15-9-5-3-6-10-15/h3-12,17-18H,2,13-14H2,1H3/t17-,18+/m0/s1. The fourth-order valence-electron chi connectivity index (χ4n) is 3.09. The zero-order valence-electron chi connectivity index (χ0n) is 12.8. The second-order valence-electron chi connectivity index (χ2n) is 5.63. The third kappa shape index (κ3) is 3.04. The SMILES string of the molecule is CCOC(=O)[C@H]1[C@H](c2ccccc2)CN1Cc1ccccc1. The highest BCUT2D eigenvalue weighted by Crippen LogP contribution is 2.36. The third-order valence-electron chi connectivity index (χ3n) is 4.19. The van der Waals surface area contributed by atoms with E-state index in [9.17, 15) is 4.79 Å². The highest BCUT2D eigenvalue weighted by Gasteiger charge is 2.45. The van der Waals surface area contributed by atoms with Crippen LogP contribution in [0, 0.1) is 0 Å². The monoisotopic (exact) mass is 295 g/mol. The van der Waals surface area contributed by atoms with Gasteiger partial charge in [0, 0.05) is 19.0 Å². The Hall–Kier alpha value is -2.13. The van der Waals surface area contributed by atoms with E-state index in [1.54, 1.807) is 0 Å². The maximum Gasteiger partial charge on any atom is 0.324 e. The van der Waals surface area contributed by atoms with Crippen molar-refractivity contribution in [2.24, 2.45) is 0 Å². The number of rotatable bonds is 5. The lowest BCUT2D eigenvalue weighted by Crippen LogP contribution is -2.58. The summed E-state index contributed by atoms with van der Waals surface area (Å²) in [6, 6.07) is 20.3. The lowest BCUT2D eigenvalue weighted by atomic mass is 9.82. The van der Waals surface area contributed by atoms with E-state index < -0.39 is 0 Å². The molecule has 3 rings (SSSR count). The Morgan fingerprint density at radius 3 is 2.36 bits per heavy atom. The van der Waals surface area contributed by atoms with E-state index in [2.05, 4.69) is 29.2 Å². The van der Waals surface area contributed by atoms with E-state index in [0.29, 0.717) is 6.61 Å².